The average Bonchev–Trinajstić information content (AvgIpc) is 2.56. The Balaban J connectivity index is 1.97. The summed E-state index contributed by atoms with van der Waals surface area (Å²) >= 11 is 9.50. The van der Waals surface area contributed by atoms with Gasteiger partial charge in [0.25, 0.3) is 0 Å². The highest BCUT2D eigenvalue weighted by atomic mass is 79.9. The predicted molar refractivity (Wildman–Crippen MR) is 100 cm³/mol. The summed E-state index contributed by atoms with van der Waals surface area (Å²) in [5.41, 5.74) is 3.16. The summed E-state index contributed by atoms with van der Waals surface area (Å²) in [6.45, 7) is 4.90. The fourth-order valence-electron chi connectivity index (χ4n) is 2.29. The molecular weight excluding hydrogens is 394 g/mol. The zero-order valence-electron chi connectivity index (χ0n) is 13.8. The third kappa shape index (κ3) is 4.65. The molecule has 0 heterocycles. The first-order valence-corrected chi connectivity index (χ1v) is 8.60. The third-order valence-electron chi connectivity index (χ3n) is 3.48. The molecule has 0 radical (unpaired) electrons. The first kappa shape index (κ1) is 18.6. The van der Waals surface area contributed by atoms with Gasteiger partial charge in [0.1, 0.15) is 12.4 Å². The smallest absolute Gasteiger partial charge is 0.340 e. The van der Waals surface area contributed by atoms with E-state index in [1.165, 1.54) is 7.11 Å². The van der Waals surface area contributed by atoms with E-state index in [2.05, 4.69) is 21.2 Å². The molecule has 0 unspecified atom stereocenters. The number of carbonyl (C=O) groups excluding carboxylic acids is 1. The highest BCUT2D eigenvalue weighted by molar-refractivity contribution is 9.10. The Labute approximate surface area is 155 Å². The van der Waals surface area contributed by atoms with Gasteiger partial charge in [0, 0.05) is 21.7 Å². The second kappa shape index (κ2) is 8.40. The lowest BCUT2D eigenvalue weighted by atomic mass is 10.1. The Morgan fingerprint density at radius 3 is 2.50 bits per heavy atom. The van der Waals surface area contributed by atoms with Crippen molar-refractivity contribution in [3.8, 4) is 5.75 Å². The van der Waals surface area contributed by atoms with Crippen LogP contribution in [0.25, 0.3) is 0 Å². The first-order chi connectivity index (χ1) is 11.4. The molecule has 4 nitrogen and oxygen atoms in total. The van der Waals surface area contributed by atoms with E-state index in [0.29, 0.717) is 24.4 Å². The van der Waals surface area contributed by atoms with E-state index < -0.39 is 0 Å². The van der Waals surface area contributed by atoms with Crippen LogP contribution in [0.2, 0.25) is 5.02 Å². The summed E-state index contributed by atoms with van der Waals surface area (Å²) in [5, 5.41) is 3.96. The number of anilines is 1. The molecule has 24 heavy (non-hydrogen) atoms. The molecule has 0 bridgehead atoms. The summed E-state index contributed by atoms with van der Waals surface area (Å²) in [5.74, 6) is 0.392. The van der Waals surface area contributed by atoms with Gasteiger partial charge >= 0.3 is 5.97 Å². The molecule has 2 aromatic carbocycles. The van der Waals surface area contributed by atoms with Gasteiger partial charge in [-0.3, -0.25) is 0 Å². The Kier molecular flexibility index (Phi) is 6.52. The van der Waals surface area contributed by atoms with Crippen LogP contribution >= 0.6 is 27.5 Å². The molecule has 0 saturated heterocycles. The Hall–Kier alpha value is -1.72. The Morgan fingerprint density at radius 2 is 1.88 bits per heavy atom. The number of aryl methyl sites for hydroxylation is 2. The summed E-state index contributed by atoms with van der Waals surface area (Å²) in [7, 11) is 1.36. The summed E-state index contributed by atoms with van der Waals surface area (Å²) < 4.78 is 11.4. The largest absolute Gasteiger partial charge is 0.492 e. The van der Waals surface area contributed by atoms with E-state index >= 15 is 0 Å². The van der Waals surface area contributed by atoms with Gasteiger partial charge in [0.15, 0.2) is 0 Å². The highest BCUT2D eigenvalue weighted by Crippen LogP contribution is 2.26. The maximum absolute atomic E-state index is 11.8. The van der Waals surface area contributed by atoms with E-state index in [9.17, 15) is 4.79 Å². The molecular formula is C18H19BrClNO3. The predicted octanol–water partition coefficient (Wildman–Crippen LogP) is 5.00. The van der Waals surface area contributed by atoms with E-state index in [-0.39, 0.29) is 5.97 Å². The lowest BCUT2D eigenvalue weighted by Crippen LogP contribution is -2.14. The quantitative estimate of drug-likeness (QED) is 0.536. The minimum atomic E-state index is -0.385. The van der Waals surface area contributed by atoms with Crippen molar-refractivity contribution < 1.29 is 14.3 Å². The number of carbonyl (C=O) groups is 1. The van der Waals surface area contributed by atoms with Gasteiger partial charge < -0.3 is 14.8 Å². The van der Waals surface area contributed by atoms with Gasteiger partial charge in [0.2, 0.25) is 0 Å². The van der Waals surface area contributed by atoms with Crippen LogP contribution in [-0.4, -0.2) is 26.2 Å². The number of nitrogens with one attached hydrogen (secondary N) is 1. The fourth-order valence-corrected chi connectivity index (χ4v) is 2.76. The molecule has 0 aliphatic carbocycles. The van der Waals surface area contributed by atoms with Crippen molar-refractivity contribution in [3.05, 3.63) is 56.5 Å². The molecule has 0 saturated carbocycles. The topological polar surface area (TPSA) is 47.6 Å². The van der Waals surface area contributed by atoms with Crippen LogP contribution in [0.15, 0.2) is 34.8 Å². The number of hydrogen-bond acceptors (Lipinski definition) is 4. The van der Waals surface area contributed by atoms with E-state index in [1.54, 1.807) is 6.07 Å². The molecule has 0 aliphatic heterocycles. The van der Waals surface area contributed by atoms with Crippen LogP contribution in [-0.2, 0) is 4.74 Å². The maximum atomic E-state index is 11.8. The zero-order valence-corrected chi connectivity index (χ0v) is 16.1. The lowest BCUT2D eigenvalue weighted by molar-refractivity contribution is 0.0601. The normalized spacial score (nSPS) is 10.4. The van der Waals surface area contributed by atoms with Crippen LogP contribution in [0.5, 0.6) is 5.75 Å². The third-order valence-corrected chi connectivity index (χ3v) is 4.57. The standard InChI is InChI=1S/C18H19BrClNO3/c1-11-8-14(9-12(2)17(11)20)24-7-6-21-16-5-4-13(19)10-15(16)18(22)23-3/h4-5,8-10,21H,6-7H2,1-3H3. The van der Waals surface area contributed by atoms with Crippen molar-refractivity contribution in [1.82, 2.24) is 0 Å². The van der Waals surface area contributed by atoms with Crippen molar-refractivity contribution in [2.24, 2.45) is 0 Å². The SMILES string of the molecule is COC(=O)c1cc(Br)ccc1NCCOc1cc(C)c(Cl)c(C)c1. The molecule has 6 heteroatoms. The summed E-state index contributed by atoms with van der Waals surface area (Å²) in [6.07, 6.45) is 0. The molecule has 1 N–H and O–H groups in total. The number of ether oxygens (including phenoxy) is 2. The Bertz CT molecular complexity index is 726. The Morgan fingerprint density at radius 1 is 1.21 bits per heavy atom. The second-order valence-electron chi connectivity index (χ2n) is 5.33. The van der Waals surface area contributed by atoms with Crippen LogP contribution in [0, 0.1) is 13.8 Å². The fraction of sp³-hybridized carbons (Fsp3) is 0.278. The van der Waals surface area contributed by atoms with Crippen LogP contribution in [0.4, 0.5) is 5.69 Å². The van der Waals surface area contributed by atoms with Gasteiger partial charge in [-0.15, -0.1) is 0 Å². The van der Waals surface area contributed by atoms with E-state index in [1.807, 2.05) is 38.1 Å². The average molecular weight is 413 g/mol. The molecule has 0 spiro atoms. The van der Waals surface area contributed by atoms with Crippen molar-refractivity contribution in [2.75, 3.05) is 25.6 Å². The van der Waals surface area contributed by atoms with Gasteiger partial charge in [-0.1, -0.05) is 27.5 Å². The monoisotopic (exact) mass is 411 g/mol. The number of rotatable bonds is 6. The first-order valence-electron chi connectivity index (χ1n) is 7.43. The molecule has 0 fully saturated rings. The maximum Gasteiger partial charge on any atom is 0.340 e. The van der Waals surface area contributed by atoms with Gasteiger partial charge in [0.05, 0.1) is 12.7 Å². The molecule has 0 amide bonds. The van der Waals surface area contributed by atoms with Crippen LogP contribution in [0.3, 0.4) is 0 Å². The van der Waals surface area contributed by atoms with Gasteiger partial charge in [-0.25, -0.2) is 4.79 Å². The summed E-state index contributed by atoms with van der Waals surface area (Å²) in [6, 6.07) is 9.24. The number of methoxy groups -OCH3 is 1. The van der Waals surface area contributed by atoms with Gasteiger partial charge in [-0.05, 0) is 55.3 Å². The second-order valence-corrected chi connectivity index (χ2v) is 6.62. The zero-order chi connectivity index (χ0) is 17.7. The molecule has 0 aromatic heterocycles. The minimum absolute atomic E-state index is 0.385. The highest BCUT2D eigenvalue weighted by Gasteiger charge is 2.12. The van der Waals surface area contributed by atoms with Crippen molar-refractivity contribution in [1.29, 1.82) is 0 Å². The number of hydrogen-bond donors (Lipinski definition) is 1. The molecule has 128 valence electrons. The molecule has 0 aliphatic rings. The molecule has 2 rings (SSSR count). The minimum Gasteiger partial charge on any atom is -0.492 e. The summed E-state index contributed by atoms with van der Waals surface area (Å²) in [4.78, 5) is 11.8. The van der Waals surface area contributed by atoms with Crippen LogP contribution in [0.1, 0.15) is 21.5 Å². The number of esters is 1. The van der Waals surface area contributed by atoms with Crippen molar-refractivity contribution >= 4 is 39.2 Å². The van der Waals surface area contributed by atoms with E-state index in [0.717, 1.165) is 26.4 Å². The van der Waals surface area contributed by atoms with Gasteiger partial charge in [-0.2, -0.15) is 0 Å². The molecule has 0 atom stereocenters. The van der Waals surface area contributed by atoms with Crippen LogP contribution < -0.4 is 10.1 Å². The van der Waals surface area contributed by atoms with Crippen molar-refractivity contribution in [2.45, 2.75) is 13.8 Å². The van der Waals surface area contributed by atoms with E-state index in [4.69, 9.17) is 21.1 Å². The lowest BCUT2D eigenvalue weighted by Gasteiger charge is -2.13. The molecule has 2 aromatic rings. The van der Waals surface area contributed by atoms with Crippen molar-refractivity contribution in [3.63, 3.8) is 0 Å². The number of halogens is 2. The number of benzene rings is 2.